The molecule has 0 saturated carbocycles. The first-order valence-electron chi connectivity index (χ1n) is 15.0. The average molecular weight is 526 g/mol. The second-order valence-corrected chi connectivity index (χ2v) is 15.3. The molecule has 0 aromatic heterocycles. The van der Waals surface area contributed by atoms with Gasteiger partial charge in [-0.15, -0.1) is 0 Å². The number of carbonyl (C=O) groups is 1. The number of ether oxygens (including phenoxy) is 3. The van der Waals surface area contributed by atoms with Gasteiger partial charge in [-0.1, -0.05) is 109 Å². The fourth-order valence-corrected chi connectivity index (χ4v) is 6.25. The molecular formula is C32H63NO4. The number of epoxide rings is 1. The molecule has 0 aromatic rings. The van der Waals surface area contributed by atoms with Crippen molar-refractivity contribution in [3.63, 3.8) is 0 Å². The third-order valence-electron chi connectivity index (χ3n) is 8.20. The van der Waals surface area contributed by atoms with Crippen LogP contribution in [0.1, 0.15) is 134 Å². The zero-order valence-corrected chi connectivity index (χ0v) is 26.7. The zero-order valence-electron chi connectivity index (χ0n) is 26.7. The lowest BCUT2D eigenvalue weighted by molar-refractivity contribution is -0.153. The van der Waals surface area contributed by atoms with E-state index in [2.05, 4.69) is 69.2 Å². The Morgan fingerprint density at radius 1 is 0.811 bits per heavy atom. The van der Waals surface area contributed by atoms with Crippen LogP contribution < -0.4 is 5.73 Å². The average Bonchev–Trinajstić information content (AvgIpc) is 3.55. The molecule has 0 bridgehead atoms. The Morgan fingerprint density at radius 2 is 1.27 bits per heavy atom. The van der Waals surface area contributed by atoms with Crippen molar-refractivity contribution in [2.45, 2.75) is 153 Å². The molecule has 0 amide bonds. The van der Waals surface area contributed by atoms with E-state index in [0.717, 1.165) is 12.8 Å². The van der Waals surface area contributed by atoms with E-state index in [1.165, 1.54) is 38.5 Å². The Hall–Kier alpha value is -0.650. The van der Waals surface area contributed by atoms with Gasteiger partial charge >= 0.3 is 5.97 Å². The molecule has 0 spiro atoms. The second-order valence-electron chi connectivity index (χ2n) is 15.3. The minimum Gasteiger partial charge on any atom is -0.465 e. The summed E-state index contributed by atoms with van der Waals surface area (Å²) >= 11 is 0. The largest absolute Gasteiger partial charge is 0.465 e. The number of hydrogen-bond donors (Lipinski definition) is 1. The molecule has 5 unspecified atom stereocenters. The monoisotopic (exact) mass is 525 g/mol. The molecule has 5 nitrogen and oxygen atoms in total. The minimum atomic E-state index is -0.292. The first-order valence-corrected chi connectivity index (χ1v) is 15.0. The molecule has 1 fully saturated rings. The van der Waals surface area contributed by atoms with Crippen molar-refractivity contribution < 1.29 is 19.0 Å². The van der Waals surface area contributed by atoms with Gasteiger partial charge in [0.15, 0.2) is 6.29 Å². The summed E-state index contributed by atoms with van der Waals surface area (Å²) in [7, 11) is 0. The first kappa shape index (κ1) is 34.4. The summed E-state index contributed by atoms with van der Waals surface area (Å²) in [6.07, 6.45) is 9.06. The lowest BCUT2D eigenvalue weighted by Crippen LogP contribution is -2.41. The number of carbonyl (C=O) groups excluding carboxylic acids is 1. The van der Waals surface area contributed by atoms with Crippen molar-refractivity contribution in [1.29, 1.82) is 0 Å². The number of nitrogens with two attached hydrogens (primary N) is 1. The van der Waals surface area contributed by atoms with Gasteiger partial charge in [-0.05, 0) is 53.3 Å². The van der Waals surface area contributed by atoms with Crippen molar-refractivity contribution >= 4 is 5.97 Å². The van der Waals surface area contributed by atoms with Gasteiger partial charge in [-0.25, -0.2) is 0 Å². The van der Waals surface area contributed by atoms with Gasteiger partial charge < -0.3 is 19.9 Å². The van der Waals surface area contributed by atoms with Crippen LogP contribution in [0.5, 0.6) is 0 Å². The second kappa shape index (κ2) is 14.1. The fraction of sp³-hybridized carbons (Fsp3) is 0.969. The molecule has 37 heavy (non-hydrogen) atoms. The van der Waals surface area contributed by atoms with E-state index in [9.17, 15) is 4.79 Å². The Bertz CT molecular complexity index is 684. The van der Waals surface area contributed by atoms with Crippen LogP contribution in [-0.4, -0.2) is 37.6 Å². The van der Waals surface area contributed by atoms with Gasteiger partial charge in [0.05, 0.1) is 19.1 Å². The maximum absolute atomic E-state index is 12.9. The number of hydrogen-bond acceptors (Lipinski definition) is 5. The van der Waals surface area contributed by atoms with E-state index in [-0.39, 0.29) is 52.5 Å². The highest BCUT2D eigenvalue weighted by Gasteiger charge is 2.49. The molecule has 0 radical (unpaired) electrons. The molecule has 1 rings (SSSR count). The molecular weight excluding hydrogens is 462 g/mol. The summed E-state index contributed by atoms with van der Waals surface area (Å²) < 4.78 is 17.8. The van der Waals surface area contributed by atoms with E-state index in [1.807, 2.05) is 13.8 Å². The van der Waals surface area contributed by atoms with Gasteiger partial charge in [-0.3, -0.25) is 4.79 Å². The fourth-order valence-electron chi connectivity index (χ4n) is 6.25. The van der Waals surface area contributed by atoms with Crippen molar-refractivity contribution in [3.05, 3.63) is 0 Å². The standard InChI is InChI=1S/C32H63NO4/c1-13-15-17-29(5,6)19-31(9,10)21-35-27(34)24(4)23(3)25(33)26-28(37-26)36-22-32(11,12)20-30(7,8)18-16-14-2/h23-26,28H,13-22,33H2,1-12H3. The summed E-state index contributed by atoms with van der Waals surface area (Å²) in [6.45, 7) is 27.8. The molecule has 2 N–H and O–H groups in total. The van der Waals surface area contributed by atoms with Crippen LogP contribution in [0.2, 0.25) is 0 Å². The summed E-state index contributed by atoms with van der Waals surface area (Å²) in [5, 5.41) is 0. The van der Waals surface area contributed by atoms with Gasteiger partial charge in [0.25, 0.3) is 0 Å². The lowest BCUT2D eigenvalue weighted by Gasteiger charge is -2.35. The molecule has 1 aliphatic rings. The molecule has 1 saturated heterocycles. The van der Waals surface area contributed by atoms with Crippen LogP contribution in [0.3, 0.4) is 0 Å². The van der Waals surface area contributed by atoms with Gasteiger partial charge in [0.2, 0.25) is 0 Å². The van der Waals surface area contributed by atoms with Crippen LogP contribution in [0.25, 0.3) is 0 Å². The van der Waals surface area contributed by atoms with Crippen LogP contribution in [0.4, 0.5) is 0 Å². The van der Waals surface area contributed by atoms with E-state index in [4.69, 9.17) is 19.9 Å². The summed E-state index contributed by atoms with van der Waals surface area (Å²) in [5.41, 5.74) is 7.09. The molecule has 1 aliphatic heterocycles. The maximum Gasteiger partial charge on any atom is 0.308 e. The topological polar surface area (TPSA) is 74.1 Å². The van der Waals surface area contributed by atoms with Crippen LogP contribution in [0, 0.1) is 33.5 Å². The first-order chi connectivity index (χ1) is 16.9. The number of esters is 1. The third-order valence-corrected chi connectivity index (χ3v) is 8.20. The van der Waals surface area contributed by atoms with Crippen molar-refractivity contribution in [1.82, 2.24) is 0 Å². The van der Waals surface area contributed by atoms with Crippen molar-refractivity contribution in [2.24, 2.45) is 39.2 Å². The van der Waals surface area contributed by atoms with Gasteiger partial charge in [0.1, 0.15) is 6.10 Å². The van der Waals surface area contributed by atoms with Crippen molar-refractivity contribution in [3.8, 4) is 0 Å². The Morgan fingerprint density at radius 3 is 1.73 bits per heavy atom. The minimum absolute atomic E-state index is 0.0591. The highest BCUT2D eigenvalue weighted by Crippen LogP contribution is 2.40. The number of rotatable bonds is 19. The van der Waals surface area contributed by atoms with Crippen LogP contribution in [0.15, 0.2) is 0 Å². The molecule has 0 aliphatic carbocycles. The lowest BCUT2D eigenvalue weighted by atomic mass is 9.73. The molecule has 220 valence electrons. The Kier molecular flexibility index (Phi) is 13.1. The summed E-state index contributed by atoms with van der Waals surface area (Å²) in [6, 6.07) is -0.266. The van der Waals surface area contributed by atoms with Crippen LogP contribution in [-0.2, 0) is 19.0 Å². The van der Waals surface area contributed by atoms with Gasteiger partial charge in [0, 0.05) is 6.04 Å². The highest BCUT2D eigenvalue weighted by molar-refractivity contribution is 5.72. The predicted octanol–water partition coefficient (Wildman–Crippen LogP) is 8.14. The van der Waals surface area contributed by atoms with E-state index < -0.39 is 0 Å². The zero-order chi connectivity index (χ0) is 28.7. The number of unbranched alkanes of at least 4 members (excludes halogenated alkanes) is 2. The SMILES string of the molecule is CCCCC(C)(C)CC(C)(C)COC(=O)C(C)C(C)C(N)C1OC1OCC(C)(C)CC(C)(C)CCCC. The summed E-state index contributed by atoms with van der Waals surface area (Å²) in [4.78, 5) is 12.9. The van der Waals surface area contributed by atoms with E-state index >= 15 is 0 Å². The molecule has 0 aromatic carbocycles. The van der Waals surface area contributed by atoms with Crippen molar-refractivity contribution in [2.75, 3.05) is 13.2 Å². The predicted molar refractivity (Wildman–Crippen MR) is 155 cm³/mol. The highest BCUT2D eigenvalue weighted by atomic mass is 16.8. The molecule has 1 heterocycles. The Balaban J connectivity index is 2.50. The maximum atomic E-state index is 12.9. The Labute approximate surface area is 230 Å². The molecule has 5 atom stereocenters. The smallest absolute Gasteiger partial charge is 0.308 e. The third kappa shape index (κ3) is 12.8. The van der Waals surface area contributed by atoms with Crippen LogP contribution >= 0.6 is 0 Å². The van der Waals surface area contributed by atoms with Gasteiger partial charge in [-0.2, -0.15) is 0 Å². The van der Waals surface area contributed by atoms with E-state index in [0.29, 0.717) is 18.6 Å². The molecule has 5 heteroatoms. The normalized spacial score (nSPS) is 21.4. The quantitative estimate of drug-likeness (QED) is 0.136. The van der Waals surface area contributed by atoms with E-state index in [1.54, 1.807) is 0 Å². The summed E-state index contributed by atoms with van der Waals surface area (Å²) in [5.74, 6) is -0.522.